The van der Waals surface area contributed by atoms with Gasteiger partial charge in [-0.25, -0.2) is 0 Å². The summed E-state index contributed by atoms with van der Waals surface area (Å²) in [5, 5.41) is 17.8. The Kier molecular flexibility index (Phi) is 5.06. The average molecular weight is 309 g/mol. The Hall–Kier alpha value is -1.76. The number of thioether (sulfide) groups is 1. The lowest BCUT2D eigenvalue weighted by atomic mass is 10.2. The summed E-state index contributed by atoms with van der Waals surface area (Å²) in [6.45, 7) is 5.98. The highest BCUT2D eigenvalue weighted by Crippen LogP contribution is 2.27. The van der Waals surface area contributed by atoms with E-state index in [1.54, 1.807) is 0 Å². The molecule has 0 aromatic carbocycles. The molecule has 0 fully saturated rings. The first-order valence-electron chi connectivity index (χ1n) is 6.87. The predicted octanol–water partition coefficient (Wildman–Crippen LogP) is 2.92. The number of aliphatic carboxylic acids is 1. The summed E-state index contributed by atoms with van der Waals surface area (Å²) in [6, 6.07) is 3.78. The molecular weight excluding hydrogens is 290 g/mol. The lowest BCUT2D eigenvalue weighted by Gasteiger charge is -2.15. The molecule has 2 rings (SSSR count). The van der Waals surface area contributed by atoms with E-state index in [2.05, 4.69) is 17.1 Å². The fraction of sp³-hybridized carbons (Fsp3) is 0.500. The number of hydrogen-bond acceptors (Lipinski definition) is 5. The van der Waals surface area contributed by atoms with Crippen molar-refractivity contribution in [2.45, 2.75) is 44.8 Å². The first kappa shape index (κ1) is 15.6. The van der Waals surface area contributed by atoms with Crippen LogP contribution < -0.4 is 0 Å². The molecule has 0 aliphatic heterocycles. The number of aryl methyl sites for hydroxylation is 2. The van der Waals surface area contributed by atoms with Crippen molar-refractivity contribution in [1.29, 1.82) is 0 Å². The maximum absolute atomic E-state index is 10.8. The van der Waals surface area contributed by atoms with Crippen molar-refractivity contribution < 1.29 is 14.3 Å². The number of aromatic nitrogens is 3. The van der Waals surface area contributed by atoms with Crippen LogP contribution in [0.15, 0.2) is 21.7 Å². The molecule has 6 nitrogen and oxygen atoms in total. The van der Waals surface area contributed by atoms with Gasteiger partial charge in [-0.15, -0.1) is 10.2 Å². The van der Waals surface area contributed by atoms with Gasteiger partial charge in [-0.1, -0.05) is 18.7 Å². The molecule has 1 unspecified atom stereocenters. The molecule has 2 aromatic heterocycles. The first-order valence-corrected chi connectivity index (χ1v) is 7.86. The van der Waals surface area contributed by atoms with E-state index in [4.69, 9.17) is 9.52 Å². The summed E-state index contributed by atoms with van der Waals surface area (Å²) < 4.78 is 7.65. The van der Waals surface area contributed by atoms with E-state index in [-0.39, 0.29) is 11.8 Å². The second-order valence-corrected chi connectivity index (χ2v) is 5.77. The Morgan fingerprint density at radius 2 is 2.24 bits per heavy atom. The molecule has 21 heavy (non-hydrogen) atoms. The van der Waals surface area contributed by atoms with Crippen molar-refractivity contribution in [2.75, 3.05) is 5.75 Å². The Balaban J connectivity index is 2.33. The predicted molar refractivity (Wildman–Crippen MR) is 79.6 cm³/mol. The maximum Gasteiger partial charge on any atom is 0.313 e. The Morgan fingerprint density at radius 3 is 2.81 bits per heavy atom. The lowest BCUT2D eigenvalue weighted by molar-refractivity contribution is -0.133. The SMILES string of the molecule is CCCc1nnc(SCC(=O)O)n1C(C)c1ccc(C)o1. The summed E-state index contributed by atoms with van der Waals surface area (Å²) in [5.41, 5.74) is 0. The molecule has 2 aromatic rings. The smallest absolute Gasteiger partial charge is 0.313 e. The number of furan rings is 1. The number of rotatable bonds is 7. The van der Waals surface area contributed by atoms with Crippen LogP contribution in [0.1, 0.15) is 43.7 Å². The molecule has 0 saturated carbocycles. The molecule has 1 N–H and O–H groups in total. The van der Waals surface area contributed by atoms with E-state index in [0.29, 0.717) is 5.16 Å². The molecule has 1 atom stereocenters. The third kappa shape index (κ3) is 3.66. The number of carboxylic acids is 1. The average Bonchev–Trinajstić information content (AvgIpc) is 3.03. The minimum atomic E-state index is -0.868. The fourth-order valence-electron chi connectivity index (χ4n) is 2.12. The summed E-state index contributed by atoms with van der Waals surface area (Å²) in [7, 11) is 0. The summed E-state index contributed by atoms with van der Waals surface area (Å²) in [4.78, 5) is 10.8. The Morgan fingerprint density at radius 1 is 1.48 bits per heavy atom. The normalized spacial score (nSPS) is 12.5. The lowest BCUT2D eigenvalue weighted by Crippen LogP contribution is -2.12. The van der Waals surface area contributed by atoms with Crippen molar-refractivity contribution in [3.8, 4) is 0 Å². The van der Waals surface area contributed by atoms with Gasteiger partial charge in [0.25, 0.3) is 0 Å². The highest BCUT2D eigenvalue weighted by molar-refractivity contribution is 7.99. The van der Waals surface area contributed by atoms with Gasteiger partial charge in [0, 0.05) is 6.42 Å². The maximum atomic E-state index is 10.8. The van der Waals surface area contributed by atoms with E-state index >= 15 is 0 Å². The van der Waals surface area contributed by atoms with Crippen LogP contribution in [0, 0.1) is 6.92 Å². The van der Waals surface area contributed by atoms with E-state index in [1.807, 2.05) is 30.5 Å². The molecule has 0 aliphatic carbocycles. The van der Waals surface area contributed by atoms with Gasteiger partial charge in [-0.3, -0.25) is 9.36 Å². The number of nitrogens with zero attached hydrogens (tertiary/aromatic N) is 3. The zero-order valence-electron chi connectivity index (χ0n) is 12.4. The first-order chi connectivity index (χ1) is 10.0. The van der Waals surface area contributed by atoms with E-state index in [1.165, 1.54) is 11.8 Å². The minimum Gasteiger partial charge on any atom is -0.481 e. The van der Waals surface area contributed by atoms with Crippen LogP contribution >= 0.6 is 11.8 Å². The van der Waals surface area contributed by atoms with Gasteiger partial charge >= 0.3 is 5.97 Å². The molecule has 0 saturated heterocycles. The van der Waals surface area contributed by atoms with E-state index in [0.717, 1.165) is 30.2 Å². The number of carboxylic acid groups (broad SMARTS) is 1. The van der Waals surface area contributed by atoms with Crippen molar-refractivity contribution in [2.24, 2.45) is 0 Å². The third-order valence-corrected chi connectivity index (χ3v) is 4.02. The van der Waals surface area contributed by atoms with Crippen LogP contribution in [0.5, 0.6) is 0 Å². The minimum absolute atomic E-state index is 0.0336. The van der Waals surface area contributed by atoms with Crippen LogP contribution in [-0.2, 0) is 11.2 Å². The fourth-order valence-corrected chi connectivity index (χ4v) is 2.87. The molecule has 0 amide bonds. The molecular formula is C14H19N3O3S. The van der Waals surface area contributed by atoms with Gasteiger partial charge in [0.1, 0.15) is 17.3 Å². The Labute approximate surface area is 127 Å². The molecule has 0 aliphatic rings. The van der Waals surface area contributed by atoms with Crippen LogP contribution in [0.4, 0.5) is 0 Å². The zero-order valence-corrected chi connectivity index (χ0v) is 13.2. The number of carbonyl (C=O) groups is 1. The topological polar surface area (TPSA) is 81.1 Å². The van der Waals surface area contributed by atoms with Gasteiger partial charge in [0.05, 0.1) is 11.8 Å². The van der Waals surface area contributed by atoms with Crippen LogP contribution in [0.2, 0.25) is 0 Å². The third-order valence-electron chi connectivity index (χ3n) is 3.09. The second-order valence-electron chi connectivity index (χ2n) is 4.83. The molecule has 0 bridgehead atoms. The largest absolute Gasteiger partial charge is 0.481 e. The summed E-state index contributed by atoms with van der Waals surface area (Å²) in [5.74, 6) is 1.62. The molecule has 7 heteroatoms. The molecule has 0 spiro atoms. The highest BCUT2D eigenvalue weighted by atomic mass is 32.2. The molecule has 0 radical (unpaired) electrons. The summed E-state index contributed by atoms with van der Waals surface area (Å²) in [6.07, 6.45) is 1.75. The quantitative estimate of drug-likeness (QED) is 0.792. The van der Waals surface area contributed by atoms with Crippen LogP contribution in [-0.4, -0.2) is 31.6 Å². The van der Waals surface area contributed by atoms with Gasteiger partial charge in [0.2, 0.25) is 0 Å². The van der Waals surface area contributed by atoms with Gasteiger partial charge in [-0.2, -0.15) is 0 Å². The highest BCUT2D eigenvalue weighted by Gasteiger charge is 2.21. The molecule has 2 heterocycles. The van der Waals surface area contributed by atoms with Crippen LogP contribution in [0.3, 0.4) is 0 Å². The van der Waals surface area contributed by atoms with Gasteiger partial charge in [0.15, 0.2) is 5.16 Å². The molecule has 114 valence electrons. The number of hydrogen-bond donors (Lipinski definition) is 1. The summed E-state index contributed by atoms with van der Waals surface area (Å²) >= 11 is 1.18. The van der Waals surface area contributed by atoms with Gasteiger partial charge < -0.3 is 9.52 Å². The van der Waals surface area contributed by atoms with Gasteiger partial charge in [-0.05, 0) is 32.4 Å². The van der Waals surface area contributed by atoms with Crippen molar-refractivity contribution in [3.05, 3.63) is 29.5 Å². The van der Waals surface area contributed by atoms with E-state index < -0.39 is 5.97 Å². The second kappa shape index (κ2) is 6.80. The van der Waals surface area contributed by atoms with Crippen molar-refractivity contribution in [3.63, 3.8) is 0 Å². The van der Waals surface area contributed by atoms with Crippen molar-refractivity contribution >= 4 is 17.7 Å². The monoisotopic (exact) mass is 309 g/mol. The zero-order chi connectivity index (χ0) is 15.4. The van der Waals surface area contributed by atoms with Crippen LogP contribution in [0.25, 0.3) is 0 Å². The standard InChI is InChI=1S/C14H19N3O3S/c1-4-5-12-15-16-14(21-8-13(18)19)17(12)10(3)11-7-6-9(2)20-11/h6-7,10H,4-5,8H2,1-3H3,(H,18,19). The Bertz CT molecular complexity index is 621. The van der Waals surface area contributed by atoms with E-state index in [9.17, 15) is 4.79 Å². The van der Waals surface area contributed by atoms with Crippen molar-refractivity contribution in [1.82, 2.24) is 14.8 Å².